The number of rotatable bonds is 2. The molecule has 136 valence electrons. The number of nitrogens with zero attached hydrogens (tertiary/aromatic N) is 4. The molecule has 0 saturated heterocycles. The number of hydrogen-bond acceptors (Lipinski definition) is 5. The van der Waals surface area contributed by atoms with Crippen molar-refractivity contribution in [1.82, 2.24) is 4.90 Å². The molecule has 1 heterocycles. The number of benzene rings is 1. The summed E-state index contributed by atoms with van der Waals surface area (Å²) in [6, 6.07) is 14.5. The van der Waals surface area contributed by atoms with E-state index < -0.39 is 11.3 Å². The molecule has 0 saturated carbocycles. The van der Waals surface area contributed by atoms with Crippen molar-refractivity contribution in [3.05, 3.63) is 57.2 Å². The monoisotopic (exact) mass is 421 g/mol. The summed E-state index contributed by atoms with van der Waals surface area (Å²) in [7, 11) is 0. The van der Waals surface area contributed by atoms with Crippen LogP contribution in [0.1, 0.15) is 25.3 Å². The van der Waals surface area contributed by atoms with Crippen LogP contribution in [0.15, 0.2) is 51.7 Å². The minimum Gasteiger partial charge on any atom is -0.399 e. The number of allylic oxidation sites excluding steroid dienone is 2. The van der Waals surface area contributed by atoms with E-state index in [1.807, 2.05) is 30.3 Å². The topological polar surface area (TPSA) is 101 Å². The highest BCUT2D eigenvalue weighted by molar-refractivity contribution is 9.10. The Bertz CT molecular complexity index is 940. The highest BCUT2D eigenvalue weighted by Crippen LogP contribution is 2.54. The molecule has 0 fully saturated rings. The Balaban J connectivity index is 2.31. The summed E-state index contributed by atoms with van der Waals surface area (Å²) in [5, 5.41) is 29.8. The second-order valence-corrected chi connectivity index (χ2v) is 8.19. The van der Waals surface area contributed by atoms with Gasteiger partial charge in [0.05, 0.1) is 23.4 Å². The lowest BCUT2D eigenvalue weighted by molar-refractivity contribution is 0.174. The van der Waals surface area contributed by atoms with Gasteiger partial charge in [-0.3, -0.25) is 4.90 Å². The lowest BCUT2D eigenvalue weighted by atomic mass is 9.58. The van der Waals surface area contributed by atoms with Crippen LogP contribution in [0.5, 0.6) is 0 Å². The lowest BCUT2D eigenvalue weighted by Crippen LogP contribution is -2.49. The molecule has 2 aliphatic rings. The SMILES string of the molecule is CC(C)N1CC=C2C(C#N)=C(N)C(C#N)(C#N)C(c3cccc(Br)c3)C2C1. The van der Waals surface area contributed by atoms with Gasteiger partial charge in [0.1, 0.15) is 6.07 Å². The van der Waals surface area contributed by atoms with Crippen molar-refractivity contribution in [1.29, 1.82) is 15.8 Å². The Morgan fingerprint density at radius 1 is 1.26 bits per heavy atom. The third-order valence-corrected chi connectivity index (χ3v) is 6.12. The molecule has 2 atom stereocenters. The third-order valence-electron chi connectivity index (χ3n) is 5.63. The largest absolute Gasteiger partial charge is 0.399 e. The van der Waals surface area contributed by atoms with Gasteiger partial charge >= 0.3 is 0 Å². The van der Waals surface area contributed by atoms with Crippen molar-refractivity contribution >= 4 is 15.9 Å². The molecule has 0 radical (unpaired) electrons. The molecule has 0 spiro atoms. The quantitative estimate of drug-likeness (QED) is 0.785. The lowest BCUT2D eigenvalue weighted by Gasteiger charge is -2.46. The minimum atomic E-state index is -1.58. The molecule has 27 heavy (non-hydrogen) atoms. The molecule has 1 aromatic carbocycles. The predicted octanol–water partition coefficient (Wildman–Crippen LogP) is 3.58. The molecular weight excluding hydrogens is 402 g/mol. The normalized spacial score (nSPS) is 24.4. The van der Waals surface area contributed by atoms with E-state index in [-0.39, 0.29) is 17.2 Å². The van der Waals surface area contributed by atoms with E-state index in [1.165, 1.54) is 0 Å². The first-order valence-corrected chi connectivity index (χ1v) is 9.61. The van der Waals surface area contributed by atoms with E-state index in [4.69, 9.17) is 5.73 Å². The van der Waals surface area contributed by atoms with Crippen molar-refractivity contribution < 1.29 is 0 Å². The summed E-state index contributed by atoms with van der Waals surface area (Å²) in [6.07, 6.45) is 2.03. The summed E-state index contributed by atoms with van der Waals surface area (Å²) in [6.45, 7) is 5.63. The van der Waals surface area contributed by atoms with Crippen molar-refractivity contribution in [2.75, 3.05) is 13.1 Å². The standard InChI is InChI=1S/C21H20BrN5/c1-13(2)27-7-6-16-17(9-23)20(26)21(11-24,12-25)19(18(16)10-27)14-4-3-5-15(22)8-14/h3-6,8,13,18-19H,7,10,26H2,1-2H3. The Morgan fingerprint density at radius 2 is 1.96 bits per heavy atom. The average molecular weight is 422 g/mol. The van der Waals surface area contributed by atoms with E-state index in [0.717, 1.165) is 22.2 Å². The predicted molar refractivity (Wildman–Crippen MR) is 106 cm³/mol. The van der Waals surface area contributed by atoms with Crippen molar-refractivity contribution in [2.24, 2.45) is 17.1 Å². The number of halogens is 1. The zero-order chi connectivity index (χ0) is 19.8. The molecular formula is C21H20BrN5. The van der Waals surface area contributed by atoms with E-state index in [1.54, 1.807) is 0 Å². The van der Waals surface area contributed by atoms with Crippen molar-refractivity contribution in [3.63, 3.8) is 0 Å². The number of fused-ring (bicyclic) bond motifs is 1. The summed E-state index contributed by atoms with van der Waals surface area (Å²) in [4.78, 5) is 2.29. The summed E-state index contributed by atoms with van der Waals surface area (Å²) < 4.78 is 0.875. The summed E-state index contributed by atoms with van der Waals surface area (Å²) in [5.74, 6) is -0.605. The molecule has 5 nitrogen and oxygen atoms in total. The molecule has 0 aromatic heterocycles. The maximum absolute atomic E-state index is 10.1. The second kappa shape index (κ2) is 7.20. The van der Waals surface area contributed by atoms with Gasteiger partial charge in [-0.1, -0.05) is 34.1 Å². The first-order chi connectivity index (χ1) is 12.9. The minimum absolute atomic E-state index is 0.0699. The van der Waals surface area contributed by atoms with Crippen LogP contribution in [0.25, 0.3) is 0 Å². The van der Waals surface area contributed by atoms with Gasteiger partial charge < -0.3 is 5.73 Å². The number of nitriles is 3. The van der Waals surface area contributed by atoms with Crippen LogP contribution in [-0.4, -0.2) is 24.0 Å². The van der Waals surface area contributed by atoms with Crippen LogP contribution in [0, 0.1) is 45.3 Å². The molecule has 2 unspecified atom stereocenters. The molecule has 3 rings (SSSR count). The van der Waals surface area contributed by atoms with E-state index >= 15 is 0 Å². The highest BCUT2D eigenvalue weighted by Gasteiger charge is 2.54. The molecule has 1 aromatic rings. The van der Waals surface area contributed by atoms with Gasteiger partial charge in [-0.05, 0) is 37.1 Å². The van der Waals surface area contributed by atoms with Crippen LogP contribution >= 0.6 is 15.9 Å². The third kappa shape index (κ3) is 2.94. The van der Waals surface area contributed by atoms with Gasteiger partial charge in [-0.2, -0.15) is 15.8 Å². The van der Waals surface area contributed by atoms with Crippen molar-refractivity contribution in [2.45, 2.75) is 25.8 Å². The molecule has 6 heteroatoms. The number of nitrogens with two attached hydrogens (primary N) is 1. The fourth-order valence-corrected chi connectivity index (χ4v) is 4.62. The molecule has 0 bridgehead atoms. The maximum Gasteiger partial charge on any atom is 0.191 e. The highest BCUT2D eigenvalue weighted by atomic mass is 79.9. The van der Waals surface area contributed by atoms with Gasteiger partial charge in [0.2, 0.25) is 0 Å². The Kier molecular flexibility index (Phi) is 5.11. The van der Waals surface area contributed by atoms with Gasteiger partial charge in [0.15, 0.2) is 5.41 Å². The Labute approximate surface area is 168 Å². The fraction of sp³-hybridized carbons (Fsp3) is 0.381. The first-order valence-electron chi connectivity index (χ1n) is 8.82. The average Bonchev–Trinajstić information content (AvgIpc) is 2.66. The van der Waals surface area contributed by atoms with Gasteiger partial charge in [-0.25, -0.2) is 0 Å². The van der Waals surface area contributed by atoms with Gasteiger partial charge in [0, 0.05) is 35.4 Å². The van der Waals surface area contributed by atoms with Crippen LogP contribution in [-0.2, 0) is 0 Å². The smallest absolute Gasteiger partial charge is 0.191 e. The summed E-state index contributed by atoms with van der Waals surface area (Å²) >= 11 is 3.49. The zero-order valence-corrected chi connectivity index (χ0v) is 16.9. The number of hydrogen-bond donors (Lipinski definition) is 1. The second-order valence-electron chi connectivity index (χ2n) is 7.28. The van der Waals surface area contributed by atoms with Crippen LogP contribution < -0.4 is 5.73 Å². The van der Waals surface area contributed by atoms with Crippen LogP contribution in [0.4, 0.5) is 0 Å². The molecule has 1 aliphatic carbocycles. The van der Waals surface area contributed by atoms with E-state index in [2.05, 4.69) is 52.9 Å². The Hall–Kier alpha value is -2.59. The summed E-state index contributed by atoms with van der Waals surface area (Å²) in [5.41, 5.74) is 6.82. The van der Waals surface area contributed by atoms with Crippen LogP contribution in [0.3, 0.4) is 0 Å². The molecule has 1 aliphatic heterocycles. The first kappa shape index (κ1) is 19.2. The maximum atomic E-state index is 10.1. The van der Waals surface area contributed by atoms with Gasteiger partial charge in [0.25, 0.3) is 0 Å². The fourth-order valence-electron chi connectivity index (χ4n) is 4.20. The Morgan fingerprint density at radius 3 is 2.52 bits per heavy atom. The van der Waals surface area contributed by atoms with E-state index in [9.17, 15) is 15.8 Å². The van der Waals surface area contributed by atoms with Gasteiger partial charge in [-0.15, -0.1) is 0 Å². The van der Waals surface area contributed by atoms with Crippen LogP contribution in [0.2, 0.25) is 0 Å². The molecule has 0 amide bonds. The van der Waals surface area contributed by atoms with Crippen molar-refractivity contribution in [3.8, 4) is 18.2 Å². The zero-order valence-electron chi connectivity index (χ0n) is 15.3. The van der Waals surface area contributed by atoms with E-state index in [0.29, 0.717) is 12.6 Å². The molecule has 2 N–H and O–H groups in total.